The van der Waals surface area contributed by atoms with E-state index in [-0.39, 0.29) is 30.6 Å². The number of hydrogen-bond donors (Lipinski definition) is 0. The first-order chi connectivity index (χ1) is 20.6. The SMILES string of the molecule is Cc1ccc(S(=O)(=O)OC(CCC(=O)OC(C)(C)C)CC[C@@H](C(=O)OC(C)(C)C)N(C(=O)OC(C)(C)C)C(=O)OC(C)(C)C)cc1. The van der Waals surface area contributed by atoms with Gasteiger partial charge in [0.25, 0.3) is 10.1 Å². The summed E-state index contributed by atoms with van der Waals surface area (Å²) in [4.78, 5) is 53.5. The Morgan fingerprint density at radius 2 is 1.09 bits per heavy atom. The highest BCUT2D eigenvalue weighted by Gasteiger charge is 2.42. The highest BCUT2D eigenvalue weighted by Crippen LogP contribution is 2.26. The molecule has 0 saturated carbocycles. The van der Waals surface area contributed by atoms with Gasteiger partial charge in [-0.3, -0.25) is 8.98 Å². The van der Waals surface area contributed by atoms with Gasteiger partial charge in [0.2, 0.25) is 0 Å². The maximum absolute atomic E-state index is 13.6. The van der Waals surface area contributed by atoms with Crippen LogP contribution in [0.3, 0.4) is 0 Å². The molecule has 1 rings (SSSR count). The Labute approximate surface area is 274 Å². The predicted molar refractivity (Wildman–Crippen MR) is 171 cm³/mol. The third-order valence-corrected chi connectivity index (χ3v) is 6.97. The zero-order chi connectivity index (χ0) is 35.9. The van der Waals surface area contributed by atoms with E-state index in [2.05, 4.69) is 0 Å². The first kappa shape index (κ1) is 40.8. The minimum Gasteiger partial charge on any atom is -0.460 e. The van der Waals surface area contributed by atoms with Crippen LogP contribution in [-0.2, 0) is 42.8 Å². The van der Waals surface area contributed by atoms with Crippen LogP contribution in [0.4, 0.5) is 9.59 Å². The van der Waals surface area contributed by atoms with Gasteiger partial charge < -0.3 is 18.9 Å². The number of amides is 2. The van der Waals surface area contributed by atoms with Gasteiger partial charge in [0, 0.05) is 6.42 Å². The molecule has 46 heavy (non-hydrogen) atoms. The minimum atomic E-state index is -4.32. The average Bonchev–Trinajstić information content (AvgIpc) is 2.80. The number of carbonyl (C=O) groups excluding carboxylic acids is 4. The van der Waals surface area contributed by atoms with Crippen molar-refractivity contribution < 1.29 is 50.7 Å². The van der Waals surface area contributed by atoms with Crippen molar-refractivity contribution in [3.63, 3.8) is 0 Å². The first-order valence-electron chi connectivity index (χ1n) is 15.3. The zero-order valence-electron chi connectivity index (χ0n) is 29.6. The van der Waals surface area contributed by atoms with E-state index in [0.29, 0.717) is 4.90 Å². The smallest absolute Gasteiger partial charge is 0.420 e. The van der Waals surface area contributed by atoms with Crippen molar-refractivity contribution in [1.82, 2.24) is 4.90 Å². The molecule has 0 aliphatic heterocycles. The summed E-state index contributed by atoms with van der Waals surface area (Å²) in [5.41, 5.74) is -3.03. The number of esters is 2. The van der Waals surface area contributed by atoms with Gasteiger partial charge in [0.15, 0.2) is 0 Å². The molecule has 0 bridgehead atoms. The molecule has 0 fully saturated rings. The number of aryl methyl sites for hydroxylation is 1. The van der Waals surface area contributed by atoms with E-state index < -0.39 is 68.8 Å². The van der Waals surface area contributed by atoms with Crippen LogP contribution in [0.2, 0.25) is 0 Å². The molecule has 13 heteroatoms. The standard InChI is InChI=1S/C33H53NO11S/c1-22-14-18-24(19-15-22)46(39,40)45-23(17-21-26(35)41-30(2,3)4)16-20-25(27(36)42-31(5,6)7)34(28(37)43-32(8,9)10)29(38)44-33(11,12)13/h14-15,18-19,23,25H,16-17,20-21H2,1-13H3/t23?,25-/m0/s1. The first-order valence-corrected chi connectivity index (χ1v) is 16.7. The number of hydrogen-bond acceptors (Lipinski definition) is 11. The lowest BCUT2D eigenvalue weighted by atomic mass is 10.0. The van der Waals surface area contributed by atoms with E-state index >= 15 is 0 Å². The predicted octanol–water partition coefficient (Wildman–Crippen LogP) is 6.85. The van der Waals surface area contributed by atoms with Gasteiger partial charge in [-0.05, 0) is 121 Å². The summed E-state index contributed by atoms with van der Waals surface area (Å²) in [6.07, 6.45) is -4.30. The van der Waals surface area contributed by atoms with Crippen LogP contribution in [0.5, 0.6) is 0 Å². The summed E-state index contributed by atoms with van der Waals surface area (Å²) >= 11 is 0. The van der Waals surface area contributed by atoms with Crippen molar-refractivity contribution in [3.8, 4) is 0 Å². The van der Waals surface area contributed by atoms with Gasteiger partial charge in [-0.1, -0.05) is 17.7 Å². The van der Waals surface area contributed by atoms with Crippen molar-refractivity contribution in [3.05, 3.63) is 29.8 Å². The molecule has 0 heterocycles. The number of nitrogens with zero attached hydrogens (tertiary/aromatic N) is 1. The second-order valence-corrected chi connectivity index (χ2v) is 16.6. The van der Waals surface area contributed by atoms with E-state index in [1.165, 1.54) is 12.1 Å². The molecule has 1 aromatic rings. The summed E-state index contributed by atoms with van der Waals surface area (Å²) in [6.45, 7) is 21.3. The summed E-state index contributed by atoms with van der Waals surface area (Å²) in [6, 6.07) is 4.42. The number of ether oxygens (including phenoxy) is 4. The van der Waals surface area contributed by atoms with Crippen molar-refractivity contribution in [2.75, 3.05) is 0 Å². The molecule has 1 aromatic carbocycles. The Hall–Kier alpha value is -3.19. The third-order valence-electron chi connectivity index (χ3n) is 5.60. The monoisotopic (exact) mass is 671 g/mol. The summed E-state index contributed by atoms with van der Waals surface area (Å²) in [5, 5.41) is 0. The molecule has 2 atom stereocenters. The lowest BCUT2D eigenvalue weighted by Gasteiger charge is -2.34. The fourth-order valence-electron chi connectivity index (χ4n) is 3.87. The molecule has 0 aliphatic rings. The molecule has 0 aromatic heterocycles. The normalized spacial score (nSPS) is 14.1. The van der Waals surface area contributed by atoms with E-state index in [0.717, 1.165) is 5.56 Å². The van der Waals surface area contributed by atoms with Crippen LogP contribution in [0.15, 0.2) is 29.2 Å². The maximum Gasteiger partial charge on any atom is 0.420 e. The fraction of sp³-hybridized carbons (Fsp3) is 0.697. The van der Waals surface area contributed by atoms with Crippen LogP contribution in [0, 0.1) is 6.92 Å². The van der Waals surface area contributed by atoms with Gasteiger partial charge >= 0.3 is 24.1 Å². The number of carbonyl (C=O) groups is 4. The second-order valence-electron chi connectivity index (χ2n) is 15.1. The minimum absolute atomic E-state index is 0.104. The molecular weight excluding hydrogens is 618 g/mol. The fourth-order valence-corrected chi connectivity index (χ4v) is 5.00. The Kier molecular flexibility index (Phi) is 13.8. The summed E-state index contributed by atoms with van der Waals surface area (Å²) in [7, 11) is -4.32. The van der Waals surface area contributed by atoms with Crippen LogP contribution in [0.1, 0.15) is 114 Å². The lowest BCUT2D eigenvalue weighted by Crippen LogP contribution is -2.53. The Morgan fingerprint density at radius 1 is 0.652 bits per heavy atom. The average molecular weight is 672 g/mol. The van der Waals surface area contributed by atoms with Gasteiger partial charge in [0.1, 0.15) is 28.4 Å². The van der Waals surface area contributed by atoms with Crippen molar-refractivity contribution in [2.24, 2.45) is 0 Å². The number of imide groups is 1. The Bertz CT molecular complexity index is 1280. The quantitative estimate of drug-likeness (QED) is 0.138. The van der Waals surface area contributed by atoms with Crippen LogP contribution >= 0.6 is 0 Å². The molecule has 2 amide bonds. The highest BCUT2D eigenvalue weighted by molar-refractivity contribution is 7.86. The van der Waals surface area contributed by atoms with Gasteiger partial charge in [-0.25, -0.2) is 14.4 Å². The second kappa shape index (κ2) is 15.6. The van der Waals surface area contributed by atoms with Crippen LogP contribution in [-0.4, -0.2) is 72.0 Å². The van der Waals surface area contributed by atoms with Crippen LogP contribution < -0.4 is 0 Å². The van der Waals surface area contributed by atoms with E-state index in [1.54, 1.807) is 102 Å². The molecular formula is C33H53NO11S. The molecule has 262 valence electrons. The summed E-state index contributed by atoms with van der Waals surface area (Å²) < 4.78 is 54.0. The maximum atomic E-state index is 13.6. The number of benzene rings is 1. The van der Waals surface area contributed by atoms with Crippen molar-refractivity contribution in [1.29, 1.82) is 0 Å². The molecule has 0 radical (unpaired) electrons. The molecule has 0 saturated heterocycles. The molecule has 0 aliphatic carbocycles. The largest absolute Gasteiger partial charge is 0.460 e. The van der Waals surface area contributed by atoms with Crippen molar-refractivity contribution >= 4 is 34.2 Å². The summed E-state index contributed by atoms with van der Waals surface area (Å²) in [5.74, 6) is -1.53. The van der Waals surface area contributed by atoms with E-state index in [1.807, 2.05) is 0 Å². The topological polar surface area (TPSA) is 152 Å². The van der Waals surface area contributed by atoms with Gasteiger partial charge in [-0.2, -0.15) is 13.3 Å². The van der Waals surface area contributed by atoms with Crippen LogP contribution in [0.25, 0.3) is 0 Å². The molecule has 12 nitrogen and oxygen atoms in total. The van der Waals surface area contributed by atoms with Crippen molar-refractivity contribution in [2.45, 2.75) is 155 Å². The van der Waals surface area contributed by atoms with Gasteiger partial charge in [0.05, 0.1) is 11.0 Å². The molecule has 0 spiro atoms. The molecule has 0 N–H and O–H groups in total. The highest BCUT2D eigenvalue weighted by atomic mass is 32.2. The zero-order valence-corrected chi connectivity index (χ0v) is 30.5. The number of rotatable bonds is 11. The Balaban J connectivity index is 3.57. The molecule has 1 unspecified atom stereocenters. The van der Waals surface area contributed by atoms with E-state index in [9.17, 15) is 27.6 Å². The van der Waals surface area contributed by atoms with Gasteiger partial charge in [-0.15, -0.1) is 0 Å². The van der Waals surface area contributed by atoms with E-state index in [4.69, 9.17) is 23.1 Å². The Morgan fingerprint density at radius 3 is 1.50 bits per heavy atom. The third kappa shape index (κ3) is 15.9. The lowest BCUT2D eigenvalue weighted by molar-refractivity contribution is -0.161.